The third-order valence-electron chi connectivity index (χ3n) is 2.20. The molecular formula is C12H15O2. The highest BCUT2D eigenvalue weighted by molar-refractivity contribution is 5.39. The van der Waals surface area contributed by atoms with Crippen LogP contribution in [0, 0.1) is 0 Å². The van der Waals surface area contributed by atoms with Crippen molar-refractivity contribution in [2.24, 2.45) is 0 Å². The molecule has 0 heterocycles. The number of hydrogen-bond donors (Lipinski definition) is 0. The van der Waals surface area contributed by atoms with Gasteiger partial charge in [0.15, 0.2) is 0 Å². The average molecular weight is 191 g/mol. The maximum absolute atomic E-state index is 9.96. The van der Waals surface area contributed by atoms with Crippen molar-refractivity contribution in [3.8, 4) is 0 Å². The van der Waals surface area contributed by atoms with Crippen LogP contribution in [0.25, 0.3) is 0 Å². The highest BCUT2D eigenvalue weighted by Crippen LogP contribution is 2.12. The number of carbonyl (C=O) groups excluding carboxylic acids is 1. The van der Waals surface area contributed by atoms with Crippen LogP contribution in [0.1, 0.15) is 30.9 Å². The van der Waals surface area contributed by atoms with E-state index in [0.717, 1.165) is 12.0 Å². The lowest BCUT2D eigenvalue weighted by atomic mass is 10.0. The molecule has 2 heteroatoms. The van der Waals surface area contributed by atoms with Crippen LogP contribution in [-0.2, 0) is 22.6 Å². The normalized spacial score (nSPS) is 9.79. The van der Waals surface area contributed by atoms with Gasteiger partial charge in [-0.25, -0.2) is 4.79 Å². The van der Waals surface area contributed by atoms with Crippen molar-refractivity contribution in [2.75, 3.05) is 0 Å². The van der Waals surface area contributed by atoms with Crippen LogP contribution in [0.4, 0.5) is 0 Å². The quantitative estimate of drug-likeness (QED) is 0.691. The number of benzene rings is 1. The van der Waals surface area contributed by atoms with E-state index in [1.807, 2.05) is 18.2 Å². The van der Waals surface area contributed by atoms with E-state index in [1.54, 1.807) is 0 Å². The number of rotatable bonds is 6. The molecule has 75 valence electrons. The Bertz CT molecular complexity index is 281. The van der Waals surface area contributed by atoms with Crippen molar-refractivity contribution >= 4 is 6.47 Å². The van der Waals surface area contributed by atoms with Gasteiger partial charge in [0.05, 0.1) is 0 Å². The van der Waals surface area contributed by atoms with Crippen molar-refractivity contribution in [3.63, 3.8) is 0 Å². The average Bonchev–Trinajstić information content (AvgIpc) is 2.24. The molecule has 1 aromatic rings. The largest absolute Gasteiger partial charge is 0.452 e. The summed E-state index contributed by atoms with van der Waals surface area (Å²) in [6.45, 7) is 3.95. The fourth-order valence-electron chi connectivity index (χ4n) is 1.42. The Labute approximate surface area is 84.9 Å². The maximum Gasteiger partial charge on any atom is 0.417 e. The molecular weight excluding hydrogens is 176 g/mol. The molecule has 0 saturated carbocycles. The second-order valence-corrected chi connectivity index (χ2v) is 3.24. The van der Waals surface area contributed by atoms with Gasteiger partial charge in [0, 0.05) is 0 Å². The van der Waals surface area contributed by atoms with Gasteiger partial charge < -0.3 is 4.74 Å². The lowest BCUT2D eigenvalue weighted by Gasteiger charge is -2.06. The Morgan fingerprint density at radius 2 is 2.00 bits per heavy atom. The second kappa shape index (κ2) is 6.19. The minimum atomic E-state index is 0.337. The highest BCUT2D eigenvalue weighted by atomic mass is 16.5. The molecule has 0 unspecified atom stereocenters. The van der Waals surface area contributed by atoms with Crippen LogP contribution in [0.2, 0.25) is 0 Å². The van der Waals surface area contributed by atoms with Crippen molar-refractivity contribution in [1.82, 2.24) is 0 Å². The van der Waals surface area contributed by atoms with Crippen molar-refractivity contribution in [1.29, 1.82) is 0 Å². The molecule has 14 heavy (non-hydrogen) atoms. The molecule has 1 radical (unpaired) electrons. The third-order valence-corrected chi connectivity index (χ3v) is 2.20. The van der Waals surface area contributed by atoms with E-state index in [4.69, 9.17) is 0 Å². The zero-order valence-corrected chi connectivity index (χ0v) is 8.45. The molecule has 1 rings (SSSR count). The Hall–Kier alpha value is -1.31. The van der Waals surface area contributed by atoms with Gasteiger partial charge in [0.25, 0.3) is 0 Å². The molecule has 0 fully saturated rings. The summed E-state index contributed by atoms with van der Waals surface area (Å²) in [5.41, 5.74) is 2.36. The van der Waals surface area contributed by atoms with Gasteiger partial charge in [-0.15, -0.1) is 0 Å². The summed E-state index contributed by atoms with van der Waals surface area (Å²) < 4.78 is 4.63. The molecule has 0 spiro atoms. The Morgan fingerprint density at radius 3 is 2.64 bits per heavy atom. The Kier molecular flexibility index (Phi) is 4.76. The van der Waals surface area contributed by atoms with Crippen molar-refractivity contribution < 1.29 is 9.53 Å². The first-order chi connectivity index (χ1) is 6.88. The molecule has 1 aromatic carbocycles. The number of unbranched alkanes of at least 4 members (excludes halogenated alkanes) is 1. The summed E-state index contributed by atoms with van der Waals surface area (Å²) in [6, 6.07) is 8.04. The number of hydrogen-bond acceptors (Lipinski definition) is 2. The van der Waals surface area contributed by atoms with Crippen LogP contribution in [0.3, 0.4) is 0 Å². The zero-order chi connectivity index (χ0) is 10.2. The van der Waals surface area contributed by atoms with Gasteiger partial charge in [-0.1, -0.05) is 37.6 Å². The highest BCUT2D eigenvalue weighted by Gasteiger charge is 2.01. The summed E-state index contributed by atoms with van der Waals surface area (Å²) in [4.78, 5) is 9.96. The van der Waals surface area contributed by atoms with Gasteiger partial charge in [-0.2, -0.15) is 0 Å². The standard InChI is InChI=1S/C12H15O2/c1-2-3-6-11-7-4-5-8-12(11)9-14-10-13/h4-5,7-8H,2-3,6,9H2,1H3. The molecule has 0 aromatic heterocycles. The van der Waals surface area contributed by atoms with Gasteiger partial charge in [0.1, 0.15) is 6.61 Å². The van der Waals surface area contributed by atoms with Gasteiger partial charge in [-0.3, -0.25) is 0 Å². The van der Waals surface area contributed by atoms with E-state index in [0.29, 0.717) is 6.61 Å². The minimum Gasteiger partial charge on any atom is -0.452 e. The van der Waals surface area contributed by atoms with Crippen molar-refractivity contribution in [2.45, 2.75) is 32.8 Å². The van der Waals surface area contributed by atoms with Crippen LogP contribution in [-0.4, -0.2) is 6.47 Å². The molecule has 0 aliphatic rings. The van der Waals surface area contributed by atoms with E-state index < -0.39 is 0 Å². The predicted octanol–water partition coefficient (Wildman–Crippen LogP) is 2.61. The van der Waals surface area contributed by atoms with E-state index >= 15 is 0 Å². The first kappa shape index (κ1) is 10.8. The zero-order valence-electron chi connectivity index (χ0n) is 8.45. The van der Waals surface area contributed by atoms with E-state index in [1.165, 1.54) is 24.9 Å². The topological polar surface area (TPSA) is 26.3 Å². The third kappa shape index (κ3) is 3.21. The second-order valence-electron chi connectivity index (χ2n) is 3.24. The summed E-state index contributed by atoms with van der Waals surface area (Å²) in [5.74, 6) is 0. The van der Waals surface area contributed by atoms with Gasteiger partial charge in [0.2, 0.25) is 0 Å². The van der Waals surface area contributed by atoms with Crippen LogP contribution < -0.4 is 0 Å². The predicted molar refractivity (Wildman–Crippen MR) is 55.5 cm³/mol. The SMILES string of the molecule is CCCCc1ccccc1CO[C]=O. The van der Waals surface area contributed by atoms with Crippen LogP contribution in [0.5, 0.6) is 0 Å². The fraction of sp³-hybridized carbons (Fsp3) is 0.417. The monoisotopic (exact) mass is 191 g/mol. The van der Waals surface area contributed by atoms with E-state index in [9.17, 15) is 4.79 Å². The van der Waals surface area contributed by atoms with Gasteiger partial charge >= 0.3 is 6.47 Å². The van der Waals surface area contributed by atoms with E-state index in [2.05, 4.69) is 17.7 Å². The van der Waals surface area contributed by atoms with Crippen LogP contribution >= 0.6 is 0 Å². The van der Waals surface area contributed by atoms with Crippen molar-refractivity contribution in [3.05, 3.63) is 35.4 Å². The summed E-state index contributed by atoms with van der Waals surface area (Å²) in [5, 5.41) is 0. The van der Waals surface area contributed by atoms with Crippen LogP contribution in [0.15, 0.2) is 24.3 Å². The number of aryl methyl sites for hydroxylation is 1. The van der Waals surface area contributed by atoms with Gasteiger partial charge in [-0.05, 0) is 24.0 Å². The smallest absolute Gasteiger partial charge is 0.417 e. The lowest BCUT2D eigenvalue weighted by Crippen LogP contribution is -1.96. The number of ether oxygens (including phenoxy) is 1. The molecule has 0 amide bonds. The molecule has 2 nitrogen and oxygen atoms in total. The Balaban J connectivity index is 2.64. The Morgan fingerprint density at radius 1 is 1.29 bits per heavy atom. The lowest BCUT2D eigenvalue weighted by molar-refractivity contribution is 0.266. The molecule has 0 atom stereocenters. The maximum atomic E-state index is 9.96. The van der Waals surface area contributed by atoms with E-state index in [-0.39, 0.29) is 0 Å². The first-order valence-electron chi connectivity index (χ1n) is 4.94. The first-order valence-corrected chi connectivity index (χ1v) is 4.94. The minimum absolute atomic E-state index is 0.337. The summed E-state index contributed by atoms with van der Waals surface area (Å²) in [7, 11) is 0. The molecule has 0 aliphatic carbocycles. The molecule has 0 N–H and O–H groups in total. The fourth-order valence-corrected chi connectivity index (χ4v) is 1.42. The summed E-state index contributed by atoms with van der Waals surface area (Å²) in [6.07, 6.45) is 3.39. The summed E-state index contributed by atoms with van der Waals surface area (Å²) >= 11 is 0. The molecule has 0 saturated heterocycles. The molecule has 0 bridgehead atoms. The molecule has 0 aliphatic heterocycles.